The van der Waals surface area contributed by atoms with Crippen molar-refractivity contribution < 1.29 is 14.3 Å². The van der Waals surface area contributed by atoms with E-state index in [4.69, 9.17) is 9.47 Å². The second-order valence-electron chi connectivity index (χ2n) is 6.48. The van der Waals surface area contributed by atoms with Crippen molar-refractivity contribution in [2.45, 2.75) is 12.3 Å². The van der Waals surface area contributed by atoms with Crippen LogP contribution < -0.4 is 14.4 Å². The molecule has 1 aliphatic rings. The van der Waals surface area contributed by atoms with E-state index in [1.54, 1.807) is 14.2 Å². The summed E-state index contributed by atoms with van der Waals surface area (Å²) >= 11 is 0. The van der Waals surface area contributed by atoms with Crippen molar-refractivity contribution in [1.82, 2.24) is 0 Å². The molecule has 0 fully saturated rings. The quantitative estimate of drug-likeness (QED) is 0.662. The van der Waals surface area contributed by atoms with Gasteiger partial charge in [0.15, 0.2) is 11.5 Å². The first-order valence-corrected chi connectivity index (χ1v) is 8.92. The fourth-order valence-electron chi connectivity index (χ4n) is 3.77. The van der Waals surface area contributed by atoms with Crippen molar-refractivity contribution in [1.29, 1.82) is 0 Å². The molecule has 0 aliphatic carbocycles. The third-order valence-corrected chi connectivity index (χ3v) is 4.99. The Morgan fingerprint density at radius 3 is 2.33 bits per heavy atom. The van der Waals surface area contributed by atoms with Crippen LogP contribution in [0.15, 0.2) is 72.8 Å². The van der Waals surface area contributed by atoms with E-state index in [9.17, 15) is 4.79 Å². The number of para-hydroxylation sites is 3. The molecule has 4 nitrogen and oxygen atoms in total. The lowest BCUT2D eigenvalue weighted by molar-refractivity contribution is -0.118. The monoisotopic (exact) mass is 359 g/mol. The van der Waals surface area contributed by atoms with Crippen LogP contribution in [0, 0.1) is 0 Å². The molecule has 0 spiro atoms. The highest BCUT2D eigenvalue weighted by Gasteiger charge is 2.38. The molecule has 0 aromatic heterocycles. The minimum absolute atomic E-state index is 0.0762. The predicted octanol–water partition coefficient (Wildman–Crippen LogP) is 4.71. The van der Waals surface area contributed by atoms with Gasteiger partial charge in [-0.25, -0.2) is 0 Å². The molecule has 0 bridgehead atoms. The molecule has 0 saturated carbocycles. The van der Waals surface area contributed by atoms with Crippen LogP contribution in [0.2, 0.25) is 0 Å². The number of carbonyl (C=O) groups is 1. The summed E-state index contributed by atoms with van der Waals surface area (Å²) in [6.45, 7) is 0. The number of anilines is 2. The molecule has 136 valence electrons. The molecular formula is C23H21NO3. The fourth-order valence-corrected chi connectivity index (χ4v) is 3.77. The van der Waals surface area contributed by atoms with E-state index in [0.29, 0.717) is 17.9 Å². The summed E-state index contributed by atoms with van der Waals surface area (Å²) in [4.78, 5) is 15.2. The zero-order chi connectivity index (χ0) is 18.8. The predicted molar refractivity (Wildman–Crippen MR) is 106 cm³/mol. The van der Waals surface area contributed by atoms with Gasteiger partial charge in [-0.15, -0.1) is 0 Å². The molecule has 1 atom stereocenters. The SMILES string of the molecule is COc1cccc(C[C@@H]2C(=O)N(c3ccccc3)c3ccccc32)c1OC. The van der Waals surface area contributed by atoms with Crippen LogP contribution in [-0.2, 0) is 11.2 Å². The number of benzene rings is 3. The van der Waals surface area contributed by atoms with Gasteiger partial charge in [-0.2, -0.15) is 0 Å². The lowest BCUT2D eigenvalue weighted by Gasteiger charge is -2.19. The first kappa shape index (κ1) is 17.2. The number of methoxy groups -OCH3 is 2. The molecule has 27 heavy (non-hydrogen) atoms. The van der Waals surface area contributed by atoms with E-state index < -0.39 is 0 Å². The Balaban J connectivity index is 1.76. The Labute approximate surface area is 159 Å². The standard InChI is InChI=1S/C23H21NO3/c1-26-21-14-8-9-16(22(21)27-2)15-19-18-12-6-7-13-20(18)24(23(19)25)17-10-4-3-5-11-17/h3-14,19H,15H2,1-2H3/t19-/m0/s1. The van der Waals surface area contributed by atoms with Crippen LogP contribution in [-0.4, -0.2) is 20.1 Å². The third-order valence-electron chi connectivity index (χ3n) is 4.99. The summed E-state index contributed by atoms with van der Waals surface area (Å²) in [7, 11) is 3.25. The summed E-state index contributed by atoms with van der Waals surface area (Å²) in [6, 6.07) is 23.5. The molecule has 3 aromatic rings. The van der Waals surface area contributed by atoms with Crippen LogP contribution in [0.4, 0.5) is 11.4 Å². The normalized spacial score (nSPS) is 15.6. The molecular weight excluding hydrogens is 338 g/mol. The molecule has 1 amide bonds. The average molecular weight is 359 g/mol. The highest BCUT2D eigenvalue weighted by atomic mass is 16.5. The summed E-state index contributed by atoms with van der Waals surface area (Å²) in [6.07, 6.45) is 0.555. The Bertz CT molecular complexity index is 968. The lowest BCUT2D eigenvalue weighted by atomic mass is 9.92. The van der Waals surface area contributed by atoms with Gasteiger partial charge < -0.3 is 9.47 Å². The van der Waals surface area contributed by atoms with Crippen LogP contribution in [0.25, 0.3) is 0 Å². The van der Waals surface area contributed by atoms with Crippen molar-refractivity contribution in [3.05, 3.63) is 83.9 Å². The Morgan fingerprint density at radius 1 is 0.852 bits per heavy atom. The smallest absolute Gasteiger partial charge is 0.239 e. The topological polar surface area (TPSA) is 38.8 Å². The molecule has 4 rings (SSSR count). The zero-order valence-electron chi connectivity index (χ0n) is 15.4. The number of amides is 1. The van der Waals surface area contributed by atoms with E-state index in [1.807, 2.05) is 77.7 Å². The maximum absolute atomic E-state index is 13.4. The van der Waals surface area contributed by atoms with Crippen molar-refractivity contribution >= 4 is 17.3 Å². The largest absolute Gasteiger partial charge is 0.493 e. The highest BCUT2D eigenvalue weighted by molar-refractivity contribution is 6.10. The Morgan fingerprint density at radius 2 is 1.59 bits per heavy atom. The van der Waals surface area contributed by atoms with Crippen molar-refractivity contribution in [2.24, 2.45) is 0 Å². The summed E-state index contributed by atoms with van der Waals surface area (Å²) in [5, 5.41) is 0. The van der Waals surface area contributed by atoms with Crippen LogP contribution in [0.5, 0.6) is 11.5 Å². The number of nitrogens with zero attached hydrogens (tertiary/aromatic N) is 1. The second-order valence-corrected chi connectivity index (χ2v) is 6.48. The summed E-state index contributed by atoms with van der Waals surface area (Å²) < 4.78 is 11.0. The van der Waals surface area contributed by atoms with E-state index in [-0.39, 0.29) is 11.8 Å². The molecule has 0 N–H and O–H groups in total. The number of rotatable bonds is 5. The van der Waals surface area contributed by atoms with Gasteiger partial charge in [0, 0.05) is 5.69 Å². The Hall–Kier alpha value is -3.27. The van der Waals surface area contributed by atoms with Crippen LogP contribution >= 0.6 is 0 Å². The van der Waals surface area contributed by atoms with Gasteiger partial charge in [-0.1, -0.05) is 48.5 Å². The summed E-state index contributed by atoms with van der Waals surface area (Å²) in [5.74, 6) is 1.17. The van der Waals surface area contributed by atoms with Gasteiger partial charge in [0.25, 0.3) is 0 Å². The number of ether oxygens (including phenoxy) is 2. The lowest BCUT2D eigenvalue weighted by Crippen LogP contribution is -2.24. The number of hydrogen-bond donors (Lipinski definition) is 0. The molecule has 3 aromatic carbocycles. The van der Waals surface area contributed by atoms with Gasteiger partial charge in [0.05, 0.1) is 25.8 Å². The van der Waals surface area contributed by atoms with Crippen molar-refractivity contribution in [2.75, 3.05) is 19.1 Å². The number of hydrogen-bond acceptors (Lipinski definition) is 3. The van der Waals surface area contributed by atoms with E-state index in [2.05, 4.69) is 0 Å². The molecule has 4 heteroatoms. The maximum Gasteiger partial charge on any atom is 0.239 e. The first-order valence-electron chi connectivity index (χ1n) is 8.92. The molecule has 1 aliphatic heterocycles. The minimum Gasteiger partial charge on any atom is -0.493 e. The number of carbonyl (C=O) groups excluding carboxylic acids is 1. The molecule has 1 heterocycles. The van der Waals surface area contributed by atoms with Gasteiger partial charge in [0.1, 0.15) is 0 Å². The van der Waals surface area contributed by atoms with Crippen molar-refractivity contribution in [3.63, 3.8) is 0 Å². The number of fused-ring (bicyclic) bond motifs is 1. The van der Waals surface area contributed by atoms with E-state index in [1.165, 1.54) is 0 Å². The van der Waals surface area contributed by atoms with Gasteiger partial charge >= 0.3 is 0 Å². The molecule has 0 radical (unpaired) electrons. The van der Waals surface area contributed by atoms with E-state index >= 15 is 0 Å². The van der Waals surface area contributed by atoms with Gasteiger partial charge in [0.2, 0.25) is 5.91 Å². The Kier molecular flexibility index (Phi) is 4.55. The first-order chi connectivity index (χ1) is 13.2. The minimum atomic E-state index is -0.262. The van der Waals surface area contributed by atoms with Gasteiger partial charge in [-0.05, 0) is 41.8 Å². The van der Waals surface area contributed by atoms with Crippen LogP contribution in [0.1, 0.15) is 17.0 Å². The summed E-state index contributed by atoms with van der Waals surface area (Å²) in [5.41, 5.74) is 3.83. The van der Waals surface area contributed by atoms with Crippen LogP contribution in [0.3, 0.4) is 0 Å². The second kappa shape index (κ2) is 7.16. The highest BCUT2D eigenvalue weighted by Crippen LogP contribution is 2.44. The average Bonchev–Trinajstić information content (AvgIpc) is 3.00. The maximum atomic E-state index is 13.4. The molecule has 0 saturated heterocycles. The van der Waals surface area contributed by atoms with E-state index in [0.717, 1.165) is 22.5 Å². The molecule has 0 unspecified atom stereocenters. The fraction of sp³-hybridized carbons (Fsp3) is 0.174. The van der Waals surface area contributed by atoms with Gasteiger partial charge in [-0.3, -0.25) is 9.69 Å². The van der Waals surface area contributed by atoms with Crippen molar-refractivity contribution in [3.8, 4) is 11.5 Å². The third kappa shape index (κ3) is 2.93. The zero-order valence-corrected chi connectivity index (χ0v) is 15.4.